The smallest absolute Gasteiger partial charge is 0.322 e. The van der Waals surface area contributed by atoms with Gasteiger partial charge in [0.2, 0.25) is 5.91 Å². The van der Waals surface area contributed by atoms with Crippen molar-refractivity contribution in [1.82, 2.24) is 0 Å². The van der Waals surface area contributed by atoms with Crippen LogP contribution >= 0.6 is 0 Å². The number of carbonyl (C=O) groups excluding carboxylic acids is 2. The van der Waals surface area contributed by atoms with E-state index in [1.807, 2.05) is 31.2 Å². The van der Waals surface area contributed by atoms with Crippen LogP contribution in [0.5, 0.6) is 0 Å². The van der Waals surface area contributed by atoms with Crippen LogP contribution in [0, 0.1) is 5.41 Å². The Kier molecular flexibility index (Phi) is 3.35. The average Bonchev–Trinajstić information content (AvgIpc) is 2.53. The topological polar surface area (TPSA) is 46.6 Å². The van der Waals surface area contributed by atoms with Crippen LogP contribution in [0.2, 0.25) is 0 Å². The van der Waals surface area contributed by atoms with Gasteiger partial charge in [-0.3, -0.25) is 9.59 Å². The quantitative estimate of drug-likeness (QED) is 0.455. The fraction of sp³-hybridized carbons (Fsp3) is 0.444. The van der Waals surface area contributed by atoms with E-state index in [1.165, 1.54) is 12.7 Å². The Morgan fingerprint density at radius 2 is 1.95 bits per heavy atom. The first-order valence-corrected chi connectivity index (χ1v) is 7.54. The molecular formula is C18H21NO3. The van der Waals surface area contributed by atoms with Crippen molar-refractivity contribution < 1.29 is 14.3 Å². The second kappa shape index (κ2) is 4.97. The van der Waals surface area contributed by atoms with Gasteiger partial charge in [0.15, 0.2) is 5.41 Å². The average molecular weight is 299 g/mol. The molecule has 1 aromatic carbocycles. The Balaban J connectivity index is 2.28. The Morgan fingerprint density at radius 1 is 1.27 bits per heavy atom. The van der Waals surface area contributed by atoms with E-state index in [9.17, 15) is 9.59 Å². The van der Waals surface area contributed by atoms with Gasteiger partial charge in [0.25, 0.3) is 0 Å². The predicted molar refractivity (Wildman–Crippen MR) is 84.7 cm³/mol. The molecule has 0 saturated carbocycles. The highest BCUT2D eigenvalue weighted by atomic mass is 16.5. The molecule has 0 unspecified atom stereocenters. The third-order valence-corrected chi connectivity index (χ3v) is 5.29. The first kappa shape index (κ1) is 14.8. The van der Waals surface area contributed by atoms with Crippen molar-refractivity contribution in [3.05, 3.63) is 41.0 Å². The zero-order valence-corrected chi connectivity index (χ0v) is 13.5. The van der Waals surface area contributed by atoms with Gasteiger partial charge in [-0.15, -0.1) is 0 Å². The summed E-state index contributed by atoms with van der Waals surface area (Å²) in [5.41, 5.74) is 3.20. The van der Waals surface area contributed by atoms with Gasteiger partial charge in [0, 0.05) is 18.7 Å². The molecule has 2 atom stereocenters. The molecule has 0 spiro atoms. The molecule has 116 valence electrons. The largest absolute Gasteiger partial charge is 0.468 e. The molecule has 1 heterocycles. The highest BCUT2D eigenvalue weighted by Gasteiger charge is 2.59. The Morgan fingerprint density at radius 3 is 2.64 bits per heavy atom. The molecule has 4 nitrogen and oxygen atoms in total. The molecule has 0 fully saturated rings. The van der Waals surface area contributed by atoms with Crippen LogP contribution in [0.3, 0.4) is 0 Å². The van der Waals surface area contributed by atoms with E-state index in [1.54, 1.807) is 11.9 Å². The van der Waals surface area contributed by atoms with E-state index < -0.39 is 11.4 Å². The zero-order valence-electron chi connectivity index (χ0n) is 13.5. The lowest BCUT2D eigenvalue weighted by molar-refractivity contribution is -0.160. The lowest BCUT2D eigenvalue weighted by Gasteiger charge is -2.47. The minimum Gasteiger partial charge on any atom is -0.468 e. The van der Waals surface area contributed by atoms with E-state index in [4.69, 9.17) is 4.74 Å². The summed E-state index contributed by atoms with van der Waals surface area (Å²) in [7, 11) is 3.10. The van der Waals surface area contributed by atoms with Crippen molar-refractivity contribution in [2.24, 2.45) is 5.41 Å². The Labute approximate surface area is 130 Å². The molecule has 0 radical (unpaired) electrons. The van der Waals surface area contributed by atoms with E-state index >= 15 is 0 Å². The van der Waals surface area contributed by atoms with Gasteiger partial charge >= 0.3 is 5.97 Å². The van der Waals surface area contributed by atoms with Crippen molar-refractivity contribution in [2.75, 3.05) is 19.1 Å². The number of para-hydroxylation sites is 1. The highest BCUT2D eigenvalue weighted by Crippen LogP contribution is 2.55. The maximum Gasteiger partial charge on any atom is 0.322 e. The van der Waals surface area contributed by atoms with Crippen LogP contribution in [-0.4, -0.2) is 26.0 Å². The summed E-state index contributed by atoms with van der Waals surface area (Å²) in [5.74, 6) is -0.728. The van der Waals surface area contributed by atoms with Crippen LogP contribution in [0.4, 0.5) is 5.69 Å². The Bertz CT molecular complexity index is 691. The summed E-state index contributed by atoms with van der Waals surface area (Å²) in [4.78, 5) is 27.4. The maximum atomic E-state index is 13.1. The van der Waals surface area contributed by atoms with Crippen molar-refractivity contribution in [1.29, 1.82) is 0 Å². The monoisotopic (exact) mass is 299 g/mol. The van der Waals surface area contributed by atoms with Gasteiger partial charge in [-0.25, -0.2) is 0 Å². The number of rotatable bonds is 1. The summed E-state index contributed by atoms with van der Waals surface area (Å²) in [5, 5.41) is 0. The molecule has 2 aliphatic rings. The fourth-order valence-electron chi connectivity index (χ4n) is 3.93. The molecule has 0 N–H and O–H groups in total. The molecular weight excluding hydrogens is 278 g/mol. The van der Waals surface area contributed by atoms with Crippen LogP contribution in [0.15, 0.2) is 35.4 Å². The minimum atomic E-state index is -1.12. The maximum absolute atomic E-state index is 13.1. The number of allylic oxidation sites excluding steroid dienone is 2. The Hall–Kier alpha value is -2.10. The van der Waals surface area contributed by atoms with Gasteiger partial charge in [-0.2, -0.15) is 0 Å². The second-order valence-corrected chi connectivity index (χ2v) is 6.38. The van der Waals surface area contributed by atoms with Gasteiger partial charge in [0.1, 0.15) is 0 Å². The number of benzene rings is 1. The summed E-state index contributed by atoms with van der Waals surface area (Å²) in [6.45, 7) is 4.09. The number of ether oxygens (including phenoxy) is 1. The van der Waals surface area contributed by atoms with Gasteiger partial charge < -0.3 is 9.64 Å². The molecule has 1 amide bonds. The van der Waals surface area contributed by atoms with Crippen LogP contribution in [-0.2, 0) is 14.3 Å². The van der Waals surface area contributed by atoms with Crippen LogP contribution in [0.1, 0.15) is 38.2 Å². The van der Waals surface area contributed by atoms with Gasteiger partial charge in [-0.05, 0) is 38.3 Å². The number of hydrogen-bond donors (Lipinski definition) is 0. The van der Waals surface area contributed by atoms with Gasteiger partial charge in [0.05, 0.1) is 7.11 Å². The second-order valence-electron chi connectivity index (χ2n) is 6.38. The number of esters is 1. The number of fused-ring (bicyclic) bond motifs is 3. The number of hydrogen-bond acceptors (Lipinski definition) is 3. The highest BCUT2D eigenvalue weighted by molar-refractivity contribution is 6.13. The van der Waals surface area contributed by atoms with Crippen molar-refractivity contribution >= 4 is 17.6 Å². The summed E-state index contributed by atoms with van der Waals surface area (Å²) >= 11 is 0. The molecule has 1 aliphatic carbocycles. The van der Waals surface area contributed by atoms with E-state index in [-0.39, 0.29) is 11.8 Å². The third-order valence-electron chi connectivity index (χ3n) is 5.29. The zero-order chi connectivity index (χ0) is 16.1. The van der Waals surface area contributed by atoms with E-state index in [2.05, 4.69) is 6.92 Å². The summed E-state index contributed by atoms with van der Waals surface area (Å²) in [6, 6.07) is 7.85. The lowest BCUT2D eigenvalue weighted by atomic mass is 9.59. The minimum absolute atomic E-state index is 0.149. The van der Waals surface area contributed by atoms with Gasteiger partial charge in [-0.1, -0.05) is 29.3 Å². The van der Waals surface area contributed by atoms with Crippen LogP contribution < -0.4 is 4.90 Å². The molecule has 1 aromatic rings. The molecule has 3 rings (SSSR count). The van der Waals surface area contributed by atoms with Crippen molar-refractivity contribution in [3.63, 3.8) is 0 Å². The van der Waals surface area contributed by atoms with Crippen molar-refractivity contribution in [3.8, 4) is 0 Å². The molecule has 1 aliphatic heterocycles. The number of anilines is 1. The molecule has 0 saturated heterocycles. The van der Waals surface area contributed by atoms with E-state index in [0.29, 0.717) is 6.42 Å². The lowest BCUT2D eigenvalue weighted by Crippen LogP contribution is -2.56. The SMILES string of the molecule is COC(=O)[C@]12CC(C)=C(C)C[C@H]1c1ccccc1N(C)C2=O. The number of carbonyl (C=O) groups is 2. The molecule has 4 heteroatoms. The fourth-order valence-corrected chi connectivity index (χ4v) is 3.93. The molecule has 0 bridgehead atoms. The summed E-state index contributed by atoms with van der Waals surface area (Å²) < 4.78 is 5.06. The molecule has 0 aromatic heterocycles. The van der Waals surface area contributed by atoms with Crippen molar-refractivity contribution in [2.45, 2.75) is 32.6 Å². The third kappa shape index (κ3) is 1.76. The normalized spacial score (nSPS) is 27.4. The number of methoxy groups -OCH3 is 1. The predicted octanol–water partition coefficient (Wildman–Crippen LogP) is 3.04. The first-order chi connectivity index (χ1) is 10.4. The van der Waals surface area contributed by atoms with E-state index in [0.717, 1.165) is 23.2 Å². The van der Waals surface area contributed by atoms with Crippen LogP contribution in [0.25, 0.3) is 0 Å². The first-order valence-electron chi connectivity index (χ1n) is 7.54. The number of amides is 1. The summed E-state index contributed by atoms with van der Waals surface area (Å²) in [6.07, 6.45) is 1.16. The number of nitrogens with zero attached hydrogens (tertiary/aromatic N) is 1. The standard InChI is InChI=1S/C18H21NO3/c1-11-9-14-13-7-5-6-8-15(13)19(3)16(20)18(14,10-12(11)2)17(21)22-4/h5-8,14H,9-10H2,1-4H3/t14-,18+/m0/s1. The molecule has 22 heavy (non-hydrogen) atoms.